The molecule has 2 aromatic rings. The summed E-state index contributed by atoms with van der Waals surface area (Å²) in [5.74, 6) is 2.15. The number of benzene rings is 2. The molecular weight excluding hydrogens is 268 g/mol. The van der Waals surface area contributed by atoms with Gasteiger partial charge in [-0.25, -0.2) is 0 Å². The average molecular weight is 286 g/mol. The molecule has 2 aromatic carbocycles. The topological polar surface area (TPSA) is 55.8 Å². The highest BCUT2D eigenvalue weighted by molar-refractivity contribution is 5.54. The Bertz CT molecular complexity index is 643. The van der Waals surface area contributed by atoms with Gasteiger partial charge in [-0.3, -0.25) is 4.79 Å². The van der Waals surface area contributed by atoms with Gasteiger partial charge < -0.3 is 14.6 Å². The first kappa shape index (κ1) is 14.9. The van der Waals surface area contributed by atoms with Crippen molar-refractivity contribution in [2.45, 2.75) is 27.7 Å². The minimum absolute atomic E-state index is 0.282. The van der Waals surface area contributed by atoms with Gasteiger partial charge in [-0.05, 0) is 74.2 Å². The fourth-order valence-electron chi connectivity index (χ4n) is 2.31. The van der Waals surface area contributed by atoms with E-state index in [1.807, 2.05) is 39.8 Å². The van der Waals surface area contributed by atoms with Crippen LogP contribution in [0.3, 0.4) is 0 Å². The first-order valence-electron chi connectivity index (χ1n) is 6.62. The molecule has 0 saturated carbocycles. The standard InChI is InChI=1S/C17H18O4/c1-10-5-14(6-11(2)16(10)19)21-15-7-12(3)17(20-9-18)13(4)8-15/h5-9,19H,1-4H3. The molecule has 1 N–H and O–H groups in total. The van der Waals surface area contributed by atoms with Gasteiger partial charge >= 0.3 is 0 Å². The van der Waals surface area contributed by atoms with Gasteiger partial charge in [0.05, 0.1) is 0 Å². The number of ether oxygens (including phenoxy) is 2. The third-order valence-corrected chi connectivity index (χ3v) is 3.30. The first-order valence-corrected chi connectivity index (χ1v) is 6.62. The van der Waals surface area contributed by atoms with Crippen LogP contribution in [0.15, 0.2) is 24.3 Å². The Kier molecular flexibility index (Phi) is 4.17. The molecule has 0 bridgehead atoms. The number of phenols is 1. The predicted molar refractivity (Wildman–Crippen MR) is 80.3 cm³/mol. The summed E-state index contributed by atoms with van der Waals surface area (Å²) in [6, 6.07) is 7.18. The van der Waals surface area contributed by atoms with Crippen LogP contribution >= 0.6 is 0 Å². The SMILES string of the molecule is Cc1cc(Oc2cc(C)c(OC=O)c(C)c2)cc(C)c1O. The lowest BCUT2D eigenvalue weighted by atomic mass is 10.1. The number of hydrogen-bond acceptors (Lipinski definition) is 4. The molecular formula is C17H18O4. The maximum absolute atomic E-state index is 10.5. The number of aryl methyl sites for hydroxylation is 4. The van der Waals surface area contributed by atoms with E-state index in [2.05, 4.69) is 0 Å². The first-order chi connectivity index (χ1) is 9.92. The van der Waals surface area contributed by atoms with E-state index in [9.17, 15) is 9.90 Å². The van der Waals surface area contributed by atoms with Gasteiger partial charge in [0.25, 0.3) is 6.47 Å². The Morgan fingerprint density at radius 1 is 0.857 bits per heavy atom. The van der Waals surface area contributed by atoms with E-state index in [0.29, 0.717) is 23.7 Å². The highest BCUT2D eigenvalue weighted by atomic mass is 16.5. The zero-order valence-electron chi connectivity index (χ0n) is 12.6. The Morgan fingerprint density at radius 2 is 1.29 bits per heavy atom. The second kappa shape index (κ2) is 5.87. The fraction of sp³-hybridized carbons (Fsp3) is 0.235. The van der Waals surface area contributed by atoms with E-state index < -0.39 is 0 Å². The molecule has 4 heteroatoms. The van der Waals surface area contributed by atoms with Gasteiger partial charge in [0.15, 0.2) is 0 Å². The van der Waals surface area contributed by atoms with Gasteiger partial charge in [-0.2, -0.15) is 0 Å². The molecule has 21 heavy (non-hydrogen) atoms. The quantitative estimate of drug-likeness (QED) is 0.864. The summed E-state index contributed by atoms with van der Waals surface area (Å²) in [6.07, 6.45) is 0. The average Bonchev–Trinajstić information content (AvgIpc) is 2.40. The number of phenolic OH excluding ortho intramolecular Hbond substituents is 1. The summed E-state index contributed by atoms with van der Waals surface area (Å²) in [7, 11) is 0. The number of hydrogen-bond donors (Lipinski definition) is 1. The van der Waals surface area contributed by atoms with E-state index in [1.165, 1.54) is 0 Å². The van der Waals surface area contributed by atoms with Crippen molar-refractivity contribution in [3.8, 4) is 23.0 Å². The Hall–Kier alpha value is -2.49. The third-order valence-electron chi connectivity index (χ3n) is 3.30. The summed E-state index contributed by atoms with van der Waals surface area (Å²) in [5.41, 5.74) is 3.17. The third kappa shape index (κ3) is 3.16. The molecule has 0 aliphatic rings. The van der Waals surface area contributed by atoms with Crippen molar-refractivity contribution in [2.24, 2.45) is 0 Å². The van der Waals surface area contributed by atoms with Gasteiger partial charge in [0, 0.05) is 0 Å². The van der Waals surface area contributed by atoms with Crippen molar-refractivity contribution in [1.82, 2.24) is 0 Å². The predicted octanol–water partition coefficient (Wildman–Crippen LogP) is 3.95. The van der Waals surface area contributed by atoms with Crippen LogP contribution < -0.4 is 9.47 Å². The van der Waals surface area contributed by atoms with E-state index in [4.69, 9.17) is 9.47 Å². The fourth-order valence-corrected chi connectivity index (χ4v) is 2.31. The van der Waals surface area contributed by atoms with Crippen LogP contribution in [0.5, 0.6) is 23.0 Å². The van der Waals surface area contributed by atoms with Crippen LogP contribution in [0.1, 0.15) is 22.3 Å². The number of carbonyl (C=O) groups excluding carboxylic acids is 1. The molecule has 0 fully saturated rings. The lowest BCUT2D eigenvalue weighted by molar-refractivity contribution is -0.120. The highest BCUT2D eigenvalue weighted by Gasteiger charge is 2.09. The summed E-state index contributed by atoms with van der Waals surface area (Å²) in [6.45, 7) is 7.78. The van der Waals surface area contributed by atoms with Gasteiger partial charge in [0.1, 0.15) is 23.0 Å². The van der Waals surface area contributed by atoms with Gasteiger partial charge in [-0.1, -0.05) is 0 Å². The molecule has 0 radical (unpaired) electrons. The molecule has 0 saturated heterocycles. The second-order valence-electron chi connectivity index (χ2n) is 5.11. The van der Waals surface area contributed by atoms with Gasteiger partial charge in [-0.15, -0.1) is 0 Å². The molecule has 0 unspecified atom stereocenters. The Balaban J connectivity index is 2.34. The molecule has 110 valence electrons. The van der Waals surface area contributed by atoms with Crippen molar-refractivity contribution in [2.75, 3.05) is 0 Å². The molecule has 0 amide bonds. The molecule has 0 aromatic heterocycles. The largest absolute Gasteiger partial charge is 0.507 e. The lowest BCUT2D eigenvalue weighted by Crippen LogP contribution is -1.96. The van der Waals surface area contributed by atoms with Gasteiger partial charge in [0.2, 0.25) is 0 Å². The molecule has 0 spiro atoms. The molecule has 4 nitrogen and oxygen atoms in total. The van der Waals surface area contributed by atoms with Crippen molar-refractivity contribution >= 4 is 6.47 Å². The number of aromatic hydroxyl groups is 1. The van der Waals surface area contributed by atoms with Crippen LogP contribution in [-0.2, 0) is 4.79 Å². The van der Waals surface area contributed by atoms with Crippen LogP contribution in [0.25, 0.3) is 0 Å². The Labute approximate surface area is 123 Å². The van der Waals surface area contributed by atoms with Crippen molar-refractivity contribution in [3.05, 3.63) is 46.5 Å². The molecule has 0 aliphatic carbocycles. The normalized spacial score (nSPS) is 10.3. The van der Waals surface area contributed by atoms with Crippen LogP contribution in [0.2, 0.25) is 0 Å². The maximum Gasteiger partial charge on any atom is 0.298 e. The smallest absolute Gasteiger partial charge is 0.298 e. The molecule has 0 atom stereocenters. The second-order valence-corrected chi connectivity index (χ2v) is 5.11. The highest BCUT2D eigenvalue weighted by Crippen LogP contribution is 2.33. The van der Waals surface area contributed by atoms with Crippen molar-refractivity contribution < 1.29 is 19.4 Å². The molecule has 0 heterocycles. The van der Waals surface area contributed by atoms with Crippen LogP contribution in [0, 0.1) is 27.7 Å². The van der Waals surface area contributed by atoms with E-state index in [0.717, 1.165) is 22.3 Å². The summed E-state index contributed by atoms with van der Waals surface area (Å²) >= 11 is 0. The zero-order valence-corrected chi connectivity index (χ0v) is 12.6. The monoisotopic (exact) mass is 286 g/mol. The van der Waals surface area contributed by atoms with Crippen molar-refractivity contribution in [1.29, 1.82) is 0 Å². The maximum atomic E-state index is 10.5. The Morgan fingerprint density at radius 3 is 1.71 bits per heavy atom. The van der Waals surface area contributed by atoms with E-state index >= 15 is 0 Å². The van der Waals surface area contributed by atoms with Crippen LogP contribution in [-0.4, -0.2) is 11.6 Å². The zero-order chi connectivity index (χ0) is 15.6. The molecule has 2 rings (SSSR count). The summed E-state index contributed by atoms with van der Waals surface area (Å²) in [4.78, 5) is 10.5. The summed E-state index contributed by atoms with van der Waals surface area (Å²) in [5, 5.41) is 9.78. The van der Waals surface area contributed by atoms with Crippen LogP contribution in [0.4, 0.5) is 0 Å². The van der Waals surface area contributed by atoms with E-state index in [-0.39, 0.29) is 5.75 Å². The minimum atomic E-state index is 0.282. The molecule has 0 aliphatic heterocycles. The number of rotatable bonds is 4. The van der Waals surface area contributed by atoms with E-state index in [1.54, 1.807) is 12.1 Å². The number of carbonyl (C=O) groups is 1. The lowest BCUT2D eigenvalue weighted by Gasteiger charge is -2.13. The van der Waals surface area contributed by atoms with Crippen molar-refractivity contribution in [3.63, 3.8) is 0 Å². The minimum Gasteiger partial charge on any atom is -0.507 e. The summed E-state index contributed by atoms with van der Waals surface area (Å²) < 4.78 is 10.8.